The lowest BCUT2D eigenvalue weighted by Gasteiger charge is -2.19. The molecule has 64 heavy (non-hydrogen) atoms. The molecule has 1 aliphatic carbocycles. The predicted octanol–water partition coefficient (Wildman–Crippen LogP) is 12.0. The van der Waals surface area contributed by atoms with Crippen molar-refractivity contribution in [3.8, 4) is 0 Å². The number of ketones is 1. The molecule has 6 aliphatic rings. The van der Waals surface area contributed by atoms with E-state index >= 15 is 0 Å². The van der Waals surface area contributed by atoms with Gasteiger partial charge in [0.1, 0.15) is 12.5 Å². The molecule has 0 aromatic carbocycles. The summed E-state index contributed by atoms with van der Waals surface area (Å²) in [5.74, 6) is -0.697. The Bertz CT molecular complexity index is 2300. The van der Waals surface area contributed by atoms with E-state index < -0.39 is 11.9 Å². The van der Waals surface area contributed by atoms with Crippen LogP contribution in [-0.4, -0.2) is 53.7 Å². The van der Waals surface area contributed by atoms with Gasteiger partial charge in [0.25, 0.3) is 0 Å². The molecule has 344 valence electrons. The van der Waals surface area contributed by atoms with Crippen molar-refractivity contribution in [3.63, 3.8) is 0 Å². The number of ether oxygens (including phenoxy) is 2. The van der Waals surface area contributed by atoms with Crippen LogP contribution in [0.1, 0.15) is 146 Å². The van der Waals surface area contributed by atoms with Gasteiger partial charge in [0.05, 0.1) is 47.6 Å². The second-order valence-corrected chi connectivity index (χ2v) is 19.4. The number of nitrogens with zero attached hydrogens (tertiary/aromatic N) is 3. The van der Waals surface area contributed by atoms with E-state index in [1.807, 2.05) is 45.1 Å². The van der Waals surface area contributed by atoms with Gasteiger partial charge in [0.2, 0.25) is 0 Å². The second kappa shape index (κ2) is 21.2. The lowest BCUT2D eigenvalue weighted by Crippen LogP contribution is -2.26. The zero-order chi connectivity index (χ0) is 46.4. The SMILES string of the molecule is CCC1=C(C)C2=CC3=NC(=C(C)C3=CO)C=C3NC(=C4C5=NC(=CC1=N2)C(C)=C5C(=O)C4C(=O)OC)[C@@H](CCC(=O)OC/C=C(\C)CCC[C@@H](C)CCC[C@H](C)CCCC(C)C)[C@@H]3C. The molecule has 5 aliphatic heterocycles. The van der Waals surface area contributed by atoms with E-state index in [0.717, 1.165) is 71.2 Å². The first-order valence-electron chi connectivity index (χ1n) is 23.9. The van der Waals surface area contributed by atoms with Crippen molar-refractivity contribution < 1.29 is 29.0 Å². The second-order valence-electron chi connectivity index (χ2n) is 19.4. The molecule has 5 heterocycles. The van der Waals surface area contributed by atoms with E-state index in [2.05, 4.69) is 53.8 Å². The van der Waals surface area contributed by atoms with Crippen molar-refractivity contribution in [2.24, 2.45) is 50.5 Å². The Morgan fingerprint density at radius 1 is 0.859 bits per heavy atom. The molecule has 1 saturated carbocycles. The van der Waals surface area contributed by atoms with Crippen LogP contribution in [0.15, 0.2) is 119 Å². The van der Waals surface area contributed by atoms with Gasteiger partial charge in [0, 0.05) is 46.4 Å². The van der Waals surface area contributed by atoms with E-state index in [1.54, 1.807) is 0 Å². The van der Waals surface area contributed by atoms with Crippen LogP contribution in [0.2, 0.25) is 0 Å². The summed E-state index contributed by atoms with van der Waals surface area (Å²) >= 11 is 0. The highest BCUT2D eigenvalue weighted by molar-refractivity contribution is 6.42. The zero-order valence-corrected chi connectivity index (χ0v) is 40.4. The quantitative estimate of drug-likeness (QED) is 0.0570. The average Bonchev–Trinajstić information content (AvgIpc) is 3.99. The Morgan fingerprint density at radius 2 is 1.52 bits per heavy atom. The van der Waals surface area contributed by atoms with Crippen LogP contribution >= 0.6 is 0 Å². The largest absolute Gasteiger partial charge is 0.515 e. The highest BCUT2D eigenvalue weighted by Crippen LogP contribution is 2.47. The van der Waals surface area contributed by atoms with E-state index in [0.29, 0.717) is 63.1 Å². The van der Waals surface area contributed by atoms with Crippen LogP contribution < -0.4 is 5.32 Å². The van der Waals surface area contributed by atoms with Crippen LogP contribution in [-0.2, 0) is 23.9 Å². The topological polar surface area (TPSA) is 139 Å². The van der Waals surface area contributed by atoms with Crippen LogP contribution in [0, 0.1) is 35.5 Å². The summed E-state index contributed by atoms with van der Waals surface area (Å²) in [6.07, 6.45) is 21.4. The highest BCUT2D eigenvalue weighted by Gasteiger charge is 2.52. The molecule has 0 amide bonds. The van der Waals surface area contributed by atoms with Gasteiger partial charge in [-0.3, -0.25) is 14.4 Å². The van der Waals surface area contributed by atoms with Gasteiger partial charge in [-0.05, 0) is 118 Å². The lowest BCUT2D eigenvalue weighted by atomic mass is 9.85. The zero-order valence-electron chi connectivity index (χ0n) is 40.4. The van der Waals surface area contributed by atoms with Crippen molar-refractivity contribution in [2.75, 3.05) is 13.7 Å². The number of carbonyl (C=O) groups excluding carboxylic acids is 3. The number of rotatable bonds is 19. The molecule has 0 aromatic heterocycles. The van der Waals surface area contributed by atoms with Gasteiger partial charge in [-0.2, -0.15) is 0 Å². The first-order chi connectivity index (χ1) is 30.6. The number of hydrogen-bond donors (Lipinski definition) is 2. The molecule has 0 radical (unpaired) electrons. The fraction of sp³-hybridized carbons (Fsp3) is 0.556. The van der Waals surface area contributed by atoms with Crippen molar-refractivity contribution in [2.45, 2.75) is 146 Å². The fourth-order valence-corrected chi connectivity index (χ4v) is 10.1. The third-order valence-electron chi connectivity index (χ3n) is 14.2. The summed E-state index contributed by atoms with van der Waals surface area (Å²) in [4.78, 5) is 56.4. The Balaban J connectivity index is 1.20. The molecule has 10 nitrogen and oxygen atoms in total. The van der Waals surface area contributed by atoms with Crippen LogP contribution in [0.3, 0.4) is 0 Å². The Labute approximate surface area is 382 Å². The summed E-state index contributed by atoms with van der Waals surface area (Å²) < 4.78 is 11.0. The van der Waals surface area contributed by atoms with Gasteiger partial charge in [-0.25, -0.2) is 15.0 Å². The summed E-state index contributed by atoms with van der Waals surface area (Å²) in [6, 6.07) is 0. The van der Waals surface area contributed by atoms with Gasteiger partial charge in [0.15, 0.2) is 5.78 Å². The van der Waals surface area contributed by atoms with Crippen LogP contribution in [0.5, 0.6) is 0 Å². The van der Waals surface area contributed by atoms with Crippen LogP contribution in [0.25, 0.3) is 0 Å². The smallest absolute Gasteiger partial charge is 0.321 e. The summed E-state index contributed by atoms with van der Waals surface area (Å²) in [7, 11) is 1.29. The van der Waals surface area contributed by atoms with E-state index in [-0.39, 0.29) is 36.6 Å². The minimum Gasteiger partial charge on any atom is -0.515 e. The van der Waals surface area contributed by atoms with E-state index in [9.17, 15) is 19.5 Å². The molecule has 0 aromatic rings. The highest BCUT2D eigenvalue weighted by atomic mass is 16.5. The molecule has 8 bridgehead atoms. The molecular formula is C54H72N4O6. The average molecular weight is 873 g/mol. The number of methoxy groups -OCH3 is 1. The maximum absolute atomic E-state index is 14.4. The number of nitrogens with one attached hydrogen (secondary N) is 1. The molecule has 6 rings (SSSR count). The van der Waals surface area contributed by atoms with Gasteiger partial charge < -0.3 is 19.9 Å². The number of allylic oxidation sites excluding steroid dienone is 12. The molecule has 1 saturated heterocycles. The fourth-order valence-electron chi connectivity index (χ4n) is 10.1. The Kier molecular flexibility index (Phi) is 16.0. The molecule has 0 spiro atoms. The molecular weight excluding hydrogens is 801 g/mol. The molecule has 5 atom stereocenters. The maximum atomic E-state index is 14.4. The monoisotopic (exact) mass is 873 g/mol. The summed E-state index contributed by atoms with van der Waals surface area (Å²) in [5.41, 5.74) is 11.5. The van der Waals surface area contributed by atoms with Crippen LogP contribution in [0.4, 0.5) is 0 Å². The number of hydrogen-bond acceptors (Lipinski definition) is 10. The number of aliphatic hydroxyl groups is 1. The van der Waals surface area contributed by atoms with Crippen molar-refractivity contribution >= 4 is 34.9 Å². The van der Waals surface area contributed by atoms with Gasteiger partial charge in [-0.15, -0.1) is 0 Å². The van der Waals surface area contributed by atoms with E-state index in [4.69, 9.17) is 24.5 Å². The van der Waals surface area contributed by atoms with Gasteiger partial charge in [-0.1, -0.05) is 92.1 Å². The first kappa shape index (κ1) is 48.3. The van der Waals surface area contributed by atoms with Crippen molar-refractivity contribution in [1.29, 1.82) is 0 Å². The predicted molar refractivity (Wildman–Crippen MR) is 258 cm³/mol. The number of carbonyl (C=O) groups is 3. The minimum atomic E-state index is -1.21. The molecule has 1 unspecified atom stereocenters. The number of Topliss-reactive ketones (excluding diaryl/α,β-unsaturated/α-hetero) is 1. The standard InChI is InChI=1S/C54H72N4O6/c1-12-38-34(7)42-27-46-40(29-59)36(9)41(56-46)26-43-35(8)39(51(57-43)49-50(54(62)63-11)53(61)48-37(10)44(58-52(48)49)28-45(38)55-42)22-23-47(60)64-25-24-33(6)21-15-20-32(5)19-14-18-31(4)17-13-16-30(2)3/h24,26-32,35,39,50,57,59H,12-23,25H2,1-11H3/b33-24+,40-29?,42-27?,43-26?,44-28?,51-49?/t31-,32+,35+,39+,50?/m1/s1. The third kappa shape index (κ3) is 10.5. The summed E-state index contributed by atoms with van der Waals surface area (Å²) in [5, 5.41) is 14.0. The lowest BCUT2D eigenvalue weighted by molar-refractivity contribution is -0.146. The number of aliphatic imine (C=N–C) groups is 3. The number of fused-ring (bicyclic) bond motifs is 5. The molecule has 10 heteroatoms. The Hall–Kier alpha value is -5.12. The number of esters is 2. The third-order valence-corrected chi connectivity index (χ3v) is 14.2. The van der Waals surface area contributed by atoms with Crippen molar-refractivity contribution in [1.82, 2.24) is 5.32 Å². The minimum absolute atomic E-state index is 0.137. The molecule has 2 fully saturated rings. The molecule has 2 N–H and O–H groups in total. The normalized spacial score (nSPS) is 23.4. The first-order valence-corrected chi connectivity index (χ1v) is 23.9. The van der Waals surface area contributed by atoms with E-state index in [1.165, 1.54) is 57.6 Å². The Morgan fingerprint density at radius 3 is 2.17 bits per heavy atom. The summed E-state index contributed by atoms with van der Waals surface area (Å²) in [6.45, 7) is 21.7. The van der Waals surface area contributed by atoms with Gasteiger partial charge >= 0.3 is 11.9 Å². The maximum Gasteiger partial charge on any atom is 0.321 e. The number of aliphatic hydroxyl groups excluding tert-OH is 1. The van der Waals surface area contributed by atoms with Crippen molar-refractivity contribution in [3.05, 3.63) is 104 Å².